The van der Waals surface area contributed by atoms with Gasteiger partial charge in [0.25, 0.3) is 0 Å². The zero-order valence-corrected chi connectivity index (χ0v) is 16.7. The predicted octanol–water partition coefficient (Wildman–Crippen LogP) is 4.33. The summed E-state index contributed by atoms with van der Waals surface area (Å²) in [6.07, 6.45) is 11.1. The Morgan fingerprint density at radius 2 is 1.39 bits per heavy atom. The van der Waals surface area contributed by atoms with Gasteiger partial charge in [0.05, 0.1) is 0 Å². The van der Waals surface area contributed by atoms with Crippen LogP contribution < -0.4 is 0 Å². The summed E-state index contributed by atoms with van der Waals surface area (Å²) in [5, 5.41) is 10.5. The summed E-state index contributed by atoms with van der Waals surface area (Å²) < 4.78 is 0. The topological polar surface area (TPSA) is 42.3 Å². The molecule has 0 fully saturated rings. The summed E-state index contributed by atoms with van der Waals surface area (Å²) in [7, 11) is 10.5. The molecule has 0 bridgehead atoms. The van der Waals surface area contributed by atoms with Gasteiger partial charge in [0.15, 0.2) is 0 Å². The normalized spacial score (nSPS) is 10.5. The SMILES string of the molecule is CCCC1=[C-]CC=C1.C[N-]C.C[N-]C.C[N-]C.[Hf+4]. The van der Waals surface area contributed by atoms with Gasteiger partial charge in [-0.15, -0.1) is 6.42 Å². The molecule has 0 aromatic heterocycles. The molecule has 0 aromatic rings. The first kappa shape index (κ1) is 26.7. The molecule has 0 aromatic carbocycles. The van der Waals surface area contributed by atoms with Crippen LogP contribution in [0.15, 0.2) is 17.7 Å². The van der Waals surface area contributed by atoms with Gasteiger partial charge in [0, 0.05) is 0 Å². The second-order valence-electron chi connectivity index (χ2n) is 3.40. The molecule has 1 aliphatic rings. The van der Waals surface area contributed by atoms with Crippen LogP contribution in [0.5, 0.6) is 0 Å². The van der Waals surface area contributed by atoms with E-state index < -0.39 is 0 Å². The van der Waals surface area contributed by atoms with Gasteiger partial charge in [0.1, 0.15) is 0 Å². The van der Waals surface area contributed by atoms with Crippen LogP contribution in [-0.2, 0) is 25.8 Å². The first-order valence-electron chi connectivity index (χ1n) is 5.88. The molecule has 0 saturated heterocycles. The number of hydrogen-bond donors (Lipinski definition) is 0. The average molecular weight is 418 g/mol. The first-order chi connectivity index (χ1) is 8.17. The van der Waals surface area contributed by atoms with Crippen molar-refractivity contribution in [2.24, 2.45) is 0 Å². The van der Waals surface area contributed by atoms with E-state index in [1.54, 1.807) is 42.3 Å². The van der Waals surface area contributed by atoms with Crippen LogP contribution in [0.3, 0.4) is 0 Å². The molecule has 0 aliphatic heterocycles. The van der Waals surface area contributed by atoms with Gasteiger partial charge >= 0.3 is 25.8 Å². The van der Waals surface area contributed by atoms with Crippen molar-refractivity contribution in [1.29, 1.82) is 0 Å². The van der Waals surface area contributed by atoms with Gasteiger partial charge in [-0.3, -0.25) is 6.08 Å². The summed E-state index contributed by atoms with van der Waals surface area (Å²) in [6.45, 7) is 2.20. The van der Waals surface area contributed by atoms with Gasteiger partial charge in [-0.05, 0) is 0 Å². The Morgan fingerprint density at radius 3 is 1.61 bits per heavy atom. The molecule has 0 N–H and O–H groups in total. The van der Waals surface area contributed by atoms with Crippen molar-refractivity contribution in [3.8, 4) is 0 Å². The average Bonchev–Trinajstić information content (AvgIpc) is 2.75. The molecule has 0 atom stereocenters. The minimum absolute atomic E-state index is 0. The van der Waals surface area contributed by atoms with E-state index in [0.29, 0.717) is 0 Å². The van der Waals surface area contributed by atoms with E-state index in [9.17, 15) is 0 Å². The molecular formula is C14H29HfN3. The minimum Gasteiger partial charge on any atom is -0.668 e. The number of nitrogens with zero attached hydrogens (tertiary/aromatic N) is 3. The minimum atomic E-state index is 0. The molecule has 18 heavy (non-hydrogen) atoms. The Bertz CT molecular complexity index is 164. The number of rotatable bonds is 2. The van der Waals surface area contributed by atoms with Crippen molar-refractivity contribution in [3.05, 3.63) is 39.8 Å². The van der Waals surface area contributed by atoms with E-state index in [4.69, 9.17) is 0 Å². The summed E-state index contributed by atoms with van der Waals surface area (Å²) >= 11 is 0. The Kier molecular flexibility index (Phi) is 45.1. The molecule has 0 heterocycles. The van der Waals surface area contributed by atoms with Crippen LogP contribution in [-0.4, -0.2) is 42.3 Å². The van der Waals surface area contributed by atoms with Gasteiger partial charge in [-0.1, -0.05) is 19.8 Å². The fraction of sp³-hybridized carbons (Fsp3) is 0.714. The molecule has 4 heteroatoms. The first-order valence-corrected chi connectivity index (χ1v) is 5.88. The van der Waals surface area contributed by atoms with Crippen LogP contribution >= 0.6 is 0 Å². The molecule has 0 spiro atoms. The largest absolute Gasteiger partial charge is 4.00 e. The van der Waals surface area contributed by atoms with Crippen LogP contribution in [0.25, 0.3) is 16.0 Å². The fourth-order valence-corrected chi connectivity index (χ4v) is 0.891. The van der Waals surface area contributed by atoms with Crippen LogP contribution in [0.4, 0.5) is 0 Å². The smallest absolute Gasteiger partial charge is 0.668 e. The van der Waals surface area contributed by atoms with Crippen molar-refractivity contribution in [2.45, 2.75) is 26.2 Å². The van der Waals surface area contributed by atoms with Gasteiger partial charge in [-0.2, -0.15) is 48.4 Å². The van der Waals surface area contributed by atoms with Crippen LogP contribution in [0.2, 0.25) is 0 Å². The number of hydrogen-bond acceptors (Lipinski definition) is 0. The van der Waals surface area contributed by atoms with E-state index in [1.165, 1.54) is 18.4 Å². The fourth-order valence-electron chi connectivity index (χ4n) is 0.891. The zero-order chi connectivity index (χ0) is 13.9. The maximum absolute atomic E-state index is 3.50. The van der Waals surface area contributed by atoms with E-state index >= 15 is 0 Å². The Morgan fingerprint density at radius 1 is 1.00 bits per heavy atom. The third kappa shape index (κ3) is 36.0. The van der Waals surface area contributed by atoms with Crippen LogP contribution in [0.1, 0.15) is 26.2 Å². The summed E-state index contributed by atoms with van der Waals surface area (Å²) in [6, 6.07) is 0. The van der Waals surface area contributed by atoms with Crippen molar-refractivity contribution in [1.82, 2.24) is 0 Å². The molecule has 3 nitrogen and oxygen atoms in total. The van der Waals surface area contributed by atoms with E-state index in [2.05, 4.69) is 41.1 Å². The van der Waals surface area contributed by atoms with Gasteiger partial charge < -0.3 is 16.0 Å². The van der Waals surface area contributed by atoms with Gasteiger partial charge in [0.2, 0.25) is 0 Å². The van der Waals surface area contributed by atoms with Gasteiger partial charge in [-0.25, -0.2) is 11.6 Å². The monoisotopic (exact) mass is 419 g/mol. The Balaban J connectivity index is -0.0000000840. The van der Waals surface area contributed by atoms with E-state index in [0.717, 1.165) is 6.42 Å². The van der Waals surface area contributed by atoms with E-state index in [1.807, 2.05) is 0 Å². The quantitative estimate of drug-likeness (QED) is 0.474. The standard InChI is InChI=1S/C8H11.3C2H6N.Hf/c1-2-5-8-6-3-4-7-8;3*1-3-2;/h3,6H,2,4-5H2,1H3;3*1-2H3;/q4*-1;+4. The van der Waals surface area contributed by atoms with Crippen molar-refractivity contribution in [2.75, 3.05) is 42.3 Å². The van der Waals surface area contributed by atoms with E-state index in [-0.39, 0.29) is 25.8 Å². The molecule has 1 rings (SSSR count). The Labute approximate surface area is 134 Å². The molecule has 104 valence electrons. The number of allylic oxidation sites excluding steroid dienone is 4. The summed E-state index contributed by atoms with van der Waals surface area (Å²) in [4.78, 5) is 0. The van der Waals surface area contributed by atoms with Crippen molar-refractivity contribution < 1.29 is 25.8 Å². The maximum Gasteiger partial charge on any atom is 4.00 e. The molecule has 0 radical (unpaired) electrons. The molecule has 0 unspecified atom stereocenters. The summed E-state index contributed by atoms with van der Waals surface area (Å²) in [5.74, 6) is 0. The van der Waals surface area contributed by atoms with Crippen molar-refractivity contribution in [3.63, 3.8) is 0 Å². The second-order valence-corrected chi connectivity index (χ2v) is 3.40. The molecular weight excluding hydrogens is 389 g/mol. The summed E-state index contributed by atoms with van der Waals surface area (Å²) in [5.41, 5.74) is 1.40. The molecule has 0 saturated carbocycles. The van der Waals surface area contributed by atoms with Crippen LogP contribution in [0, 0.1) is 6.08 Å². The maximum atomic E-state index is 3.50. The molecule has 1 aliphatic carbocycles. The van der Waals surface area contributed by atoms with Crippen molar-refractivity contribution >= 4 is 0 Å². The predicted molar refractivity (Wildman–Crippen MR) is 81.0 cm³/mol. The third-order valence-electron chi connectivity index (χ3n) is 1.29. The molecule has 0 amide bonds. The zero-order valence-electron chi connectivity index (χ0n) is 13.1. The third-order valence-corrected chi connectivity index (χ3v) is 1.29. The Hall–Kier alpha value is 0.230. The second kappa shape index (κ2) is 30.3.